The summed E-state index contributed by atoms with van der Waals surface area (Å²) in [4.78, 5) is 0. The van der Waals surface area contributed by atoms with Gasteiger partial charge >= 0.3 is 0 Å². The summed E-state index contributed by atoms with van der Waals surface area (Å²) in [7, 11) is 0. The summed E-state index contributed by atoms with van der Waals surface area (Å²) in [5.74, 6) is 0.913. The first-order valence-corrected chi connectivity index (χ1v) is 7.72. The van der Waals surface area contributed by atoms with Gasteiger partial charge in [-0.2, -0.15) is 0 Å². The highest BCUT2D eigenvalue weighted by atomic mass is 79.9. The van der Waals surface area contributed by atoms with Gasteiger partial charge in [0.05, 0.1) is 6.10 Å². The van der Waals surface area contributed by atoms with E-state index in [0.29, 0.717) is 0 Å². The van der Waals surface area contributed by atoms with E-state index in [1.54, 1.807) is 0 Å². The van der Waals surface area contributed by atoms with E-state index in [0.717, 1.165) is 28.9 Å². The van der Waals surface area contributed by atoms with Gasteiger partial charge in [-0.15, -0.1) is 0 Å². The first-order chi connectivity index (χ1) is 9.69. The topological polar surface area (TPSA) is 21.3 Å². The van der Waals surface area contributed by atoms with Gasteiger partial charge in [-0.3, -0.25) is 0 Å². The minimum Gasteiger partial charge on any atom is -0.491 e. The van der Waals surface area contributed by atoms with Crippen molar-refractivity contribution in [2.75, 3.05) is 5.32 Å². The molecular weight excluding hydrogens is 314 g/mol. The van der Waals surface area contributed by atoms with Gasteiger partial charge in [-0.25, -0.2) is 0 Å². The van der Waals surface area contributed by atoms with Gasteiger partial charge in [-0.1, -0.05) is 47.1 Å². The second-order valence-electron chi connectivity index (χ2n) is 4.81. The van der Waals surface area contributed by atoms with E-state index < -0.39 is 0 Å². The van der Waals surface area contributed by atoms with E-state index in [9.17, 15) is 0 Å². The quantitative estimate of drug-likeness (QED) is 0.780. The van der Waals surface area contributed by atoms with Crippen LogP contribution in [0.25, 0.3) is 0 Å². The van der Waals surface area contributed by atoms with E-state index >= 15 is 0 Å². The van der Waals surface area contributed by atoms with Crippen LogP contribution in [0, 0.1) is 0 Å². The summed E-state index contributed by atoms with van der Waals surface area (Å²) >= 11 is 3.56. The Kier molecular flexibility index (Phi) is 5.48. The van der Waals surface area contributed by atoms with Gasteiger partial charge in [0.2, 0.25) is 0 Å². The molecule has 2 nitrogen and oxygen atoms in total. The predicted molar refractivity (Wildman–Crippen MR) is 88.3 cm³/mol. The van der Waals surface area contributed by atoms with Crippen LogP contribution in [0.4, 0.5) is 5.69 Å². The zero-order chi connectivity index (χ0) is 14.4. The number of anilines is 1. The molecule has 2 rings (SSSR count). The number of hydrogen-bond acceptors (Lipinski definition) is 2. The average molecular weight is 334 g/mol. The Morgan fingerprint density at radius 2 is 1.95 bits per heavy atom. The van der Waals surface area contributed by atoms with Crippen molar-refractivity contribution >= 4 is 21.6 Å². The Hall–Kier alpha value is -1.48. The Morgan fingerprint density at radius 1 is 1.15 bits per heavy atom. The summed E-state index contributed by atoms with van der Waals surface area (Å²) in [6.07, 6.45) is 1.25. The third-order valence-electron chi connectivity index (χ3n) is 3.19. The zero-order valence-corrected chi connectivity index (χ0v) is 13.5. The standard InChI is InChI=1S/C17H20BrNO/c1-3-13(2)20-16-9-6-8-15(11-16)19-12-14-7-4-5-10-17(14)18/h4-11,13,19H,3,12H2,1-2H3. The van der Waals surface area contributed by atoms with Gasteiger partial charge < -0.3 is 10.1 Å². The molecule has 0 spiro atoms. The van der Waals surface area contributed by atoms with Crippen LogP contribution in [0.2, 0.25) is 0 Å². The number of rotatable bonds is 6. The number of halogens is 1. The van der Waals surface area contributed by atoms with Crippen molar-refractivity contribution in [3.05, 3.63) is 58.6 Å². The SMILES string of the molecule is CCC(C)Oc1cccc(NCc2ccccc2Br)c1. The first kappa shape index (κ1) is 14.9. The summed E-state index contributed by atoms with van der Waals surface area (Å²) in [5, 5.41) is 3.42. The van der Waals surface area contributed by atoms with Crippen LogP contribution in [0.5, 0.6) is 5.75 Å². The molecule has 0 saturated carbocycles. The molecule has 0 radical (unpaired) electrons. The second kappa shape index (κ2) is 7.34. The minimum absolute atomic E-state index is 0.244. The van der Waals surface area contributed by atoms with E-state index in [-0.39, 0.29) is 6.10 Å². The number of nitrogens with one attached hydrogen (secondary N) is 1. The second-order valence-corrected chi connectivity index (χ2v) is 5.66. The van der Waals surface area contributed by atoms with Crippen LogP contribution in [-0.2, 0) is 6.54 Å². The number of benzene rings is 2. The lowest BCUT2D eigenvalue weighted by atomic mass is 10.2. The molecule has 20 heavy (non-hydrogen) atoms. The maximum absolute atomic E-state index is 5.83. The van der Waals surface area contributed by atoms with Crippen molar-refractivity contribution in [3.63, 3.8) is 0 Å². The Bertz CT molecular complexity index is 556. The monoisotopic (exact) mass is 333 g/mol. The lowest BCUT2D eigenvalue weighted by Gasteiger charge is -2.14. The van der Waals surface area contributed by atoms with Crippen LogP contribution < -0.4 is 10.1 Å². The third kappa shape index (κ3) is 4.27. The van der Waals surface area contributed by atoms with Crippen molar-refractivity contribution in [1.82, 2.24) is 0 Å². The molecule has 106 valence electrons. The Balaban J connectivity index is 2.00. The largest absolute Gasteiger partial charge is 0.491 e. The summed E-state index contributed by atoms with van der Waals surface area (Å²) in [6.45, 7) is 5.00. The normalized spacial score (nSPS) is 11.9. The number of hydrogen-bond donors (Lipinski definition) is 1. The van der Waals surface area contributed by atoms with Crippen molar-refractivity contribution in [3.8, 4) is 5.75 Å². The summed E-state index contributed by atoms with van der Waals surface area (Å²) < 4.78 is 6.96. The van der Waals surface area contributed by atoms with Crippen molar-refractivity contribution in [1.29, 1.82) is 0 Å². The van der Waals surface area contributed by atoms with Crippen molar-refractivity contribution in [2.24, 2.45) is 0 Å². The lowest BCUT2D eigenvalue weighted by molar-refractivity contribution is 0.217. The Labute approximate surface area is 129 Å². The average Bonchev–Trinajstić information content (AvgIpc) is 2.47. The molecule has 0 amide bonds. The molecule has 0 saturated heterocycles. The van der Waals surface area contributed by atoms with Crippen molar-refractivity contribution in [2.45, 2.75) is 32.9 Å². The van der Waals surface area contributed by atoms with Crippen LogP contribution in [0.1, 0.15) is 25.8 Å². The minimum atomic E-state index is 0.244. The highest BCUT2D eigenvalue weighted by Gasteiger charge is 2.03. The maximum atomic E-state index is 5.83. The molecule has 0 aliphatic carbocycles. The smallest absolute Gasteiger partial charge is 0.121 e. The first-order valence-electron chi connectivity index (χ1n) is 6.93. The van der Waals surface area contributed by atoms with Crippen LogP contribution in [-0.4, -0.2) is 6.10 Å². The summed E-state index contributed by atoms with van der Waals surface area (Å²) in [5.41, 5.74) is 2.31. The van der Waals surface area contributed by atoms with Gasteiger partial charge in [0, 0.05) is 22.8 Å². The van der Waals surface area contributed by atoms with Crippen LogP contribution in [0.3, 0.4) is 0 Å². The molecule has 1 unspecified atom stereocenters. The van der Waals surface area contributed by atoms with Gasteiger partial charge in [0.25, 0.3) is 0 Å². The van der Waals surface area contributed by atoms with E-state index in [1.807, 2.05) is 30.3 Å². The molecule has 2 aromatic carbocycles. The predicted octanol–water partition coefficient (Wildman–Crippen LogP) is 5.24. The molecule has 2 aromatic rings. The third-order valence-corrected chi connectivity index (χ3v) is 3.96. The molecule has 1 atom stereocenters. The van der Waals surface area contributed by atoms with Crippen LogP contribution in [0.15, 0.2) is 53.0 Å². The molecule has 3 heteroatoms. The van der Waals surface area contributed by atoms with Gasteiger partial charge in [0.15, 0.2) is 0 Å². The maximum Gasteiger partial charge on any atom is 0.121 e. The molecule has 0 bridgehead atoms. The fraction of sp³-hybridized carbons (Fsp3) is 0.294. The fourth-order valence-corrected chi connectivity index (χ4v) is 2.26. The van der Waals surface area contributed by atoms with Gasteiger partial charge in [0.1, 0.15) is 5.75 Å². The van der Waals surface area contributed by atoms with Gasteiger partial charge in [-0.05, 0) is 37.1 Å². The molecule has 0 aromatic heterocycles. The van der Waals surface area contributed by atoms with E-state index in [4.69, 9.17) is 4.74 Å². The highest BCUT2D eigenvalue weighted by Crippen LogP contribution is 2.21. The molecule has 1 N–H and O–H groups in total. The van der Waals surface area contributed by atoms with Crippen LogP contribution >= 0.6 is 15.9 Å². The molecule has 0 aliphatic heterocycles. The summed E-state index contributed by atoms with van der Waals surface area (Å²) in [6, 6.07) is 16.3. The molecule has 0 heterocycles. The molecular formula is C17H20BrNO. The van der Waals surface area contributed by atoms with Crippen molar-refractivity contribution < 1.29 is 4.74 Å². The Morgan fingerprint density at radius 3 is 2.70 bits per heavy atom. The van der Waals surface area contributed by atoms with E-state index in [2.05, 4.69) is 53.3 Å². The fourth-order valence-electron chi connectivity index (χ4n) is 1.83. The zero-order valence-electron chi connectivity index (χ0n) is 11.9. The lowest BCUT2D eigenvalue weighted by Crippen LogP contribution is -2.09. The number of ether oxygens (including phenoxy) is 1. The molecule has 0 aliphatic rings. The van der Waals surface area contributed by atoms with E-state index in [1.165, 1.54) is 5.56 Å². The molecule has 0 fully saturated rings. The highest BCUT2D eigenvalue weighted by molar-refractivity contribution is 9.10.